The molecular formula is C11H17N3O2. The van der Waals surface area contributed by atoms with Crippen molar-refractivity contribution in [2.75, 3.05) is 26.7 Å². The lowest BCUT2D eigenvalue weighted by molar-refractivity contribution is -0.122. The molecule has 1 heterocycles. The van der Waals surface area contributed by atoms with E-state index in [0.717, 1.165) is 5.56 Å². The molecule has 0 bridgehead atoms. The first-order chi connectivity index (χ1) is 7.72. The Morgan fingerprint density at radius 3 is 3.06 bits per heavy atom. The van der Waals surface area contributed by atoms with Crippen molar-refractivity contribution >= 4 is 5.91 Å². The van der Waals surface area contributed by atoms with Gasteiger partial charge in [-0.2, -0.15) is 0 Å². The molecular weight excluding hydrogens is 206 g/mol. The Hall–Kier alpha value is -1.46. The van der Waals surface area contributed by atoms with Crippen molar-refractivity contribution in [3.8, 4) is 0 Å². The molecule has 0 atom stereocenters. The Morgan fingerprint density at radius 2 is 2.44 bits per heavy atom. The summed E-state index contributed by atoms with van der Waals surface area (Å²) in [4.78, 5) is 17.2. The molecule has 0 saturated heterocycles. The first-order valence-corrected chi connectivity index (χ1v) is 5.17. The predicted octanol–water partition coefficient (Wildman–Crippen LogP) is -0.378. The maximum absolute atomic E-state index is 11.3. The highest BCUT2D eigenvalue weighted by Gasteiger charge is 2.06. The molecule has 0 fully saturated rings. The van der Waals surface area contributed by atoms with Crippen molar-refractivity contribution in [3.05, 3.63) is 30.1 Å². The third-order valence-corrected chi connectivity index (χ3v) is 2.02. The average Bonchev–Trinajstić information content (AvgIpc) is 2.27. The van der Waals surface area contributed by atoms with Crippen molar-refractivity contribution in [3.63, 3.8) is 0 Å². The Kier molecular flexibility index (Phi) is 5.45. The quantitative estimate of drug-likeness (QED) is 0.690. The fourth-order valence-electron chi connectivity index (χ4n) is 1.36. The number of pyridine rings is 1. The number of nitrogens with one attached hydrogen (secondary N) is 1. The normalized spacial score (nSPS) is 10.4. The van der Waals surface area contributed by atoms with Gasteiger partial charge in [0.25, 0.3) is 0 Å². The second-order valence-corrected chi connectivity index (χ2v) is 3.61. The number of aliphatic hydroxyl groups is 1. The van der Waals surface area contributed by atoms with Crippen molar-refractivity contribution in [1.82, 2.24) is 15.2 Å². The molecule has 1 rings (SSSR count). The second kappa shape index (κ2) is 6.92. The standard InChI is InChI=1S/C11H17N3O2/c1-14(9-11(16)13-5-6-15)8-10-3-2-4-12-7-10/h2-4,7,15H,5-6,8-9H2,1H3,(H,13,16). The fraction of sp³-hybridized carbons (Fsp3) is 0.455. The van der Waals surface area contributed by atoms with E-state index < -0.39 is 0 Å². The highest BCUT2D eigenvalue weighted by Crippen LogP contribution is 1.99. The lowest BCUT2D eigenvalue weighted by Gasteiger charge is -2.15. The van der Waals surface area contributed by atoms with Crippen LogP contribution >= 0.6 is 0 Å². The van der Waals surface area contributed by atoms with Gasteiger partial charge in [-0.15, -0.1) is 0 Å². The number of hydrogen-bond donors (Lipinski definition) is 2. The Bertz CT molecular complexity index is 316. The number of hydrogen-bond acceptors (Lipinski definition) is 4. The van der Waals surface area contributed by atoms with Crippen LogP contribution in [0.4, 0.5) is 0 Å². The van der Waals surface area contributed by atoms with Crippen LogP contribution < -0.4 is 5.32 Å². The molecule has 0 aliphatic rings. The summed E-state index contributed by atoms with van der Waals surface area (Å²) in [6, 6.07) is 3.84. The summed E-state index contributed by atoms with van der Waals surface area (Å²) < 4.78 is 0. The molecule has 1 amide bonds. The van der Waals surface area contributed by atoms with Crippen LogP contribution in [0.2, 0.25) is 0 Å². The summed E-state index contributed by atoms with van der Waals surface area (Å²) >= 11 is 0. The number of aromatic nitrogens is 1. The third kappa shape index (κ3) is 4.86. The summed E-state index contributed by atoms with van der Waals surface area (Å²) in [6.07, 6.45) is 3.50. The van der Waals surface area contributed by atoms with Crippen LogP contribution in [0.15, 0.2) is 24.5 Å². The zero-order chi connectivity index (χ0) is 11.8. The third-order valence-electron chi connectivity index (χ3n) is 2.02. The minimum absolute atomic E-state index is 0.0297. The van der Waals surface area contributed by atoms with Gasteiger partial charge in [-0.1, -0.05) is 6.07 Å². The topological polar surface area (TPSA) is 65.5 Å². The average molecular weight is 223 g/mol. The van der Waals surface area contributed by atoms with Gasteiger partial charge >= 0.3 is 0 Å². The minimum Gasteiger partial charge on any atom is -0.395 e. The Balaban J connectivity index is 2.30. The molecule has 1 aromatic rings. The van der Waals surface area contributed by atoms with Gasteiger partial charge in [0.15, 0.2) is 0 Å². The van der Waals surface area contributed by atoms with Crippen LogP contribution in [0.25, 0.3) is 0 Å². The smallest absolute Gasteiger partial charge is 0.234 e. The zero-order valence-electron chi connectivity index (χ0n) is 9.39. The first kappa shape index (κ1) is 12.6. The van der Waals surface area contributed by atoms with E-state index >= 15 is 0 Å². The monoisotopic (exact) mass is 223 g/mol. The van der Waals surface area contributed by atoms with E-state index in [2.05, 4.69) is 10.3 Å². The van der Waals surface area contributed by atoms with Crippen molar-refractivity contribution < 1.29 is 9.90 Å². The predicted molar refractivity (Wildman–Crippen MR) is 60.7 cm³/mol. The molecule has 0 unspecified atom stereocenters. The second-order valence-electron chi connectivity index (χ2n) is 3.61. The molecule has 0 aliphatic carbocycles. The van der Waals surface area contributed by atoms with Crippen molar-refractivity contribution in [2.45, 2.75) is 6.54 Å². The summed E-state index contributed by atoms with van der Waals surface area (Å²) in [6.45, 7) is 1.27. The molecule has 5 nitrogen and oxygen atoms in total. The fourth-order valence-corrected chi connectivity index (χ4v) is 1.36. The number of likely N-dealkylation sites (N-methyl/N-ethyl adjacent to an activating group) is 1. The van der Waals surface area contributed by atoms with E-state index in [1.165, 1.54) is 0 Å². The number of aliphatic hydroxyl groups excluding tert-OH is 1. The van der Waals surface area contributed by atoms with Gasteiger partial charge in [-0.3, -0.25) is 14.7 Å². The maximum Gasteiger partial charge on any atom is 0.234 e. The highest BCUT2D eigenvalue weighted by molar-refractivity contribution is 5.77. The molecule has 0 saturated carbocycles. The number of amides is 1. The van der Waals surface area contributed by atoms with E-state index in [4.69, 9.17) is 5.11 Å². The molecule has 1 aromatic heterocycles. The maximum atomic E-state index is 11.3. The van der Waals surface area contributed by atoms with E-state index in [9.17, 15) is 4.79 Å². The van der Waals surface area contributed by atoms with Gasteiger partial charge in [0.05, 0.1) is 13.2 Å². The number of nitrogens with zero attached hydrogens (tertiary/aromatic N) is 2. The SMILES string of the molecule is CN(CC(=O)NCCO)Cc1cccnc1. The van der Waals surface area contributed by atoms with Crippen LogP contribution in [-0.4, -0.2) is 47.6 Å². The molecule has 0 radical (unpaired) electrons. The van der Waals surface area contributed by atoms with E-state index in [1.807, 2.05) is 24.1 Å². The van der Waals surface area contributed by atoms with Crippen LogP contribution in [0.1, 0.15) is 5.56 Å². The summed E-state index contributed by atoms with van der Waals surface area (Å²) in [5.74, 6) is -0.0829. The molecule has 0 aromatic carbocycles. The zero-order valence-corrected chi connectivity index (χ0v) is 9.39. The van der Waals surface area contributed by atoms with E-state index in [1.54, 1.807) is 12.4 Å². The molecule has 16 heavy (non-hydrogen) atoms. The number of carbonyl (C=O) groups excluding carboxylic acids is 1. The first-order valence-electron chi connectivity index (χ1n) is 5.17. The van der Waals surface area contributed by atoms with Gasteiger partial charge in [-0.25, -0.2) is 0 Å². The minimum atomic E-state index is -0.0829. The highest BCUT2D eigenvalue weighted by atomic mass is 16.3. The van der Waals surface area contributed by atoms with Crippen LogP contribution in [0.3, 0.4) is 0 Å². The van der Waals surface area contributed by atoms with Gasteiger partial charge in [0.1, 0.15) is 0 Å². The Labute approximate surface area is 95.1 Å². The summed E-state index contributed by atoms with van der Waals surface area (Å²) in [5, 5.41) is 11.2. The van der Waals surface area contributed by atoms with Gasteiger partial charge < -0.3 is 10.4 Å². The molecule has 88 valence electrons. The summed E-state index contributed by atoms with van der Waals surface area (Å²) in [7, 11) is 1.87. The molecule has 0 aliphatic heterocycles. The van der Waals surface area contributed by atoms with Crippen LogP contribution in [-0.2, 0) is 11.3 Å². The van der Waals surface area contributed by atoms with E-state index in [0.29, 0.717) is 19.6 Å². The van der Waals surface area contributed by atoms with Gasteiger partial charge in [0.2, 0.25) is 5.91 Å². The van der Waals surface area contributed by atoms with Crippen molar-refractivity contribution in [2.24, 2.45) is 0 Å². The molecule has 5 heteroatoms. The molecule has 0 spiro atoms. The van der Waals surface area contributed by atoms with E-state index in [-0.39, 0.29) is 12.5 Å². The van der Waals surface area contributed by atoms with Crippen molar-refractivity contribution in [1.29, 1.82) is 0 Å². The lowest BCUT2D eigenvalue weighted by Crippen LogP contribution is -2.36. The number of rotatable bonds is 6. The Morgan fingerprint density at radius 1 is 1.62 bits per heavy atom. The molecule has 2 N–H and O–H groups in total. The summed E-state index contributed by atoms with van der Waals surface area (Å²) in [5.41, 5.74) is 1.07. The van der Waals surface area contributed by atoms with Crippen LogP contribution in [0, 0.1) is 0 Å². The van der Waals surface area contributed by atoms with Gasteiger partial charge in [-0.05, 0) is 18.7 Å². The lowest BCUT2D eigenvalue weighted by atomic mass is 10.3. The largest absolute Gasteiger partial charge is 0.395 e. The number of carbonyl (C=O) groups is 1. The van der Waals surface area contributed by atoms with Gasteiger partial charge in [0, 0.05) is 25.5 Å². The van der Waals surface area contributed by atoms with Crippen LogP contribution in [0.5, 0.6) is 0 Å².